The summed E-state index contributed by atoms with van der Waals surface area (Å²) in [6, 6.07) is 14.6. The van der Waals surface area contributed by atoms with Crippen LogP contribution in [0.2, 0.25) is 10.0 Å². The van der Waals surface area contributed by atoms with Crippen LogP contribution in [-0.2, 0) is 13.1 Å². The van der Waals surface area contributed by atoms with Gasteiger partial charge in [-0.3, -0.25) is 14.2 Å². The van der Waals surface area contributed by atoms with Crippen molar-refractivity contribution in [3.63, 3.8) is 0 Å². The Morgan fingerprint density at radius 1 is 1.10 bits per heavy atom. The van der Waals surface area contributed by atoms with E-state index in [2.05, 4.69) is 31.4 Å². The Hall–Kier alpha value is -2.61. The third-order valence-electron chi connectivity index (χ3n) is 4.73. The number of hydrogen-bond acceptors (Lipinski definition) is 3. The molecule has 0 bridgehead atoms. The molecule has 1 amide bonds. The number of hydrogen-bond donors (Lipinski definition) is 1. The lowest BCUT2D eigenvalue weighted by molar-refractivity contribution is 0.102. The molecule has 0 spiro atoms. The highest BCUT2D eigenvalue weighted by atomic mass is 79.9. The van der Waals surface area contributed by atoms with Gasteiger partial charge in [0.05, 0.1) is 23.8 Å². The molecule has 0 saturated heterocycles. The summed E-state index contributed by atoms with van der Waals surface area (Å²) in [6.07, 6.45) is 3.61. The number of carbonyl (C=O) groups is 1. The Kier molecular flexibility index (Phi) is 6.46. The molecule has 9 heteroatoms. The zero-order valence-electron chi connectivity index (χ0n) is 16.5. The van der Waals surface area contributed by atoms with Gasteiger partial charge in [-0.1, -0.05) is 41.4 Å². The lowest BCUT2D eigenvalue weighted by atomic mass is 10.1. The average Bonchev–Trinajstić information content (AvgIpc) is 3.29. The fourth-order valence-electron chi connectivity index (χ4n) is 3.18. The minimum atomic E-state index is -0.232. The molecular formula is C22H18BrCl2N5O. The van der Waals surface area contributed by atoms with Gasteiger partial charge >= 0.3 is 0 Å². The second-order valence-electron chi connectivity index (χ2n) is 7.04. The molecule has 0 aliphatic carbocycles. The van der Waals surface area contributed by atoms with E-state index < -0.39 is 0 Å². The van der Waals surface area contributed by atoms with Crippen LogP contribution in [0, 0.1) is 6.92 Å². The van der Waals surface area contributed by atoms with Crippen LogP contribution in [0.1, 0.15) is 27.2 Å². The average molecular weight is 519 g/mol. The van der Waals surface area contributed by atoms with Crippen LogP contribution in [0.5, 0.6) is 0 Å². The fraction of sp³-hybridized carbons (Fsp3) is 0.136. The summed E-state index contributed by atoms with van der Waals surface area (Å²) >= 11 is 15.9. The smallest absolute Gasteiger partial charge is 0.256 e. The summed E-state index contributed by atoms with van der Waals surface area (Å²) in [6.45, 7) is 2.89. The van der Waals surface area contributed by atoms with Gasteiger partial charge in [-0.2, -0.15) is 10.2 Å². The number of amides is 1. The van der Waals surface area contributed by atoms with Crippen LogP contribution in [0.3, 0.4) is 0 Å². The summed E-state index contributed by atoms with van der Waals surface area (Å²) in [7, 11) is 0. The summed E-state index contributed by atoms with van der Waals surface area (Å²) < 4.78 is 4.46. The third-order valence-corrected chi connectivity index (χ3v) is 5.85. The van der Waals surface area contributed by atoms with Crippen molar-refractivity contribution in [1.82, 2.24) is 19.6 Å². The molecular weight excluding hydrogens is 501 g/mol. The van der Waals surface area contributed by atoms with Crippen molar-refractivity contribution < 1.29 is 4.79 Å². The quantitative estimate of drug-likeness (QED) is 0.350. The molecule has 2 aromatic heterocycles. The first-order valence-electron chi connectivity index (χ1n) is 9.44. The summed E-state index contributed by atoms with van der Waals surface area (Å²) in [5.41, 5.74) is 3.18. The molecule has 0 unspecified atom stereocenters. The maximum absolute atomic E-state index is 12.8. The number of halogens is 3. The number of nitrogens with zero attached hydrogens (tertiary/aromatic N) is 4. The zero-order valence-corrected chi connectivity index (χ0v) is 19.6. The number of benzene rings is 2. The Bertz CT molecular complexity index is 1230. The third kappa shape index (κ3) is 5.18. The van der Waals surface area contributed by atoms with E-state index in [0.29, 0.717) is 34.5 Å². The number of anilines is 1. The molecule has 0 aliphatic heterocycles. The molecule has 4 aromatic rings. The van der Waals surface area contributed by atoms with Crippen LogP contribution < -0.4 is 5.32 Å². The zero-order chi connectivity index (χ0) is 22.0. The van der Waals surface area contributed by atoms with Gasteiger partial charge in [0.15, 0.2) is 5.82 Å². The monoisotopic (exact) mass is 517 g/mol. The highest BCUT2D eigenvalue weighted by molar-refractivity contribution is 9.10. The Balaban J connectivity index is 1.48. The Morgan fingerprint density at radius 2 is 1.84 bits per heavy atom. The second-order valence-corrected chi connectivity index (χ2v) is 8.77. The van der Waals surface area contributed by atoms with Crippen molar-refractivity contribution in [3.8, 4) is 0 Å². The molecule has 158 valence electrons. The van der Waals surface area contributed by atoms with Gasteiger partial charge in [0, 0.05) is 39.1 Å². The van der Waals surface area contributed by atoms with E-state index in [0.717, 1.165) is 21.3 Å². The van der Waals surface area contributed by atoms with E-state index in [1.54, 1.807) is 39.8 Å². The van der Waals surface area contributed by atoms with Gasteiger partial charge in [-0.25, -0.2) is 0 Å². The van der Waals surface area contributed by atoms with E-state index in [-0.39, 0.29) is 5.91 Å². The second kappa shape index (κ2) is 9.26. The molecule has 1 N–H and O–H groups in total. The molecule has 2 aromatic carbocycles. The van der Waals surface area contributed by atoms with Gasteiger partial charge in [-0.05, 0) is 52.7 Å². The summed E-state index contributed by atoms with van der Waals surface area (Å²) in [5.74, 6) is 0.232. The Morgan fingerprint density at radius 3 is 2.55 bits per heavy atom. The highest BCUT2D eigenvalue weighted by Gasteiger charge is 2.13. The number of nitrogens with one attached hydrogen (secondary N) is 1. The summed E-state index contributed by atoms with van der Waals surface area (Å²) in [5, 5.41) is 12.8. The van der Waals surface area contributed by atoms with E-state index in [4.69, 9.17) is 23.2 Å². The molecule has 0 atom stereocenters. The predicted molar refractivity (Wildman–Crippen MR) is 126 cm³/mol. The van der Waals surface area contributed by atoms with Crippen LogP contribution in [-0.4, -0.2) is 25.5 Å². The normalized spacial score (nSPS) is 11.0. The predicted octanol–water partition coefficient (Wildman–Crippen LogP) is 5.81. The largest absolute Gasteiger partial charge is 0.305 e. The minimum Gasteiger partial charge on any atom is -0.305 e. The van der Waals surface area contributed by atoms with Crippen molar-refractivity contribution in [1.29, 1.82) is 0 Å². The molecule has 31 heavy (non-hydrogen) atoms. The van der Waals surface area contributed by atoms with E-state index in [9.17, 15) is 4.79 Å². The SMILES string of the molecule is Cc1cc(NC(=O)c2cccc(Cn3cc(Br)cn3)c2)nn1Cc1c(Cl)cccc1Cl. The van der Waals surface area contributed by atoms with Gasteiger partial charge in [0.2, 0.25) is 0 Å². The van der Waals surface area contributed by atoms with E-state index in [1.165, 1.54) is 0 Å². The topological polar surface area (TPSA) is 64.7 Å². The number of aromatic nitrogens is 4. The highest BCUT2D eigenvalue weighted by Crippen LogP contribution is 2.26. The first-order valence-corrected chi connectivity index (χ1v) is 11.0. The van der Waals surface area contributed by atoms with Crippen LogP contribution >= 0.6 is 39.1 Å². The molecule has 0 fully saturated rings. The first kappa shape index (κ1) is 21.6. The van der Waals surface area contributed by atoms with Crippen LogP contribution in [0.15, 0.2) is 65.4 Å². The lowest BCUT2D eigenvalue weighted by Gasteiger charge is -2.08. The molecule has 4 rings (SSSR count). The van der Waals surface area contributed by atoms with Gasteiger partial charge in [0.1, 0.15) is 0 Å². The Labute approximate surface area is 197 Å². The molecule has 0 radical (unpaired) electrons. The van der Waals surface area contributed by atoms with Crippen molar-refractivity contribution in [2.45, 2.75) is 20.0 Å². The number of aryl methyl sites for hydroxylation is 1. The molecule has 0 aliphatic rings. The van der Waals surface area contributed by atoms with Crippen molar-refractivity contribution in [3.05, 3.63) is 97.8 Å². The maximum Gasteiger partial charge on any atom is 0.256 e. The minimum absolute atomic E-state index is 0.232. The van der Waals surface area contributed by atoms with Crippen LogP contribution in [0.25, 0.3) is 0 Å². The van der Waals surface area contributed by atoms with E-state index in [1.807, 2.05) is 37.4 Å². The first-order chi connectivity index (χ1) is 14.9. The van der Waals surface area contributed by atoms with Crippen LogP contribution in [0.4, 0.5) is 5.82 Å². The van der Waals surface area contributed by atoms with Gasteiger partial charge in [-0.15, -0.1) is 0 Å². The lowest BCUT2D eigenvalue weighted by Crippen LogP contribution is -2.13. The van der Waals surface area contributed by atoms with Crippen molar-refractivity contribution in [2.24, 2.45) is 0 Å². The number of carbonyl (C=O) groups excluding carboxylic acids is 1. The van der Waals surface area contributed by atoms with E-state index >= 15 is 0 Å². The molecule has 2 heterocycles. The fourth-order valence-corrected chi connectivity index (χ4v) is 4.02. The number of rotatable bonds is 6. The van der Waals surface area contributed by atoms with Crippen molar-refractivity contribution in [2.75, 3.05) is 5.32 Å². The summed E-state index contributed by atoms with van der Waals surface area (Å²) in [4.78, 5) is 12.8. The van der Waals surface area contributed by atoms with Gasteiger partial charge in [0.25, 0.3) is 5.91 Å². The standard InChI is InChI=1S/C22H18BrCl2N5O/c1-14-8-21(28-30(14)13-18-19(24)6-3-7-20(18)25)27-22(31)16-5-2-4-15(9-16)11-29-12-17(23)10-26-29/h2-10,12H,11,13H2,1H3,(H,27,28,31). The van der Waals surface area contributed by atoms with Gasteiger partial charge < -0.3 is 5.32 Å². The maximum atomic E-state index is 12.8. The van der Waals surface area contributed by atoms with Crippen molar-refractivity contribution >= 4 is 50.9 Å². The molecule has 0 saturated carbocycles. The molecule has 6 nitrogen and oxygen atoms in total.